The molecule has 1 N–H and O–H groups in total. The number of nitrogens with zero attached hydrogens (tertiary/aromatic N) is 5. The summed E-state index contributed by atoms with van der Waals surface area (Å²) < 4.78 is 29.9. The fourth-order valence-electron chi connectivity index (χ4n) is 2.76. The first-order valence-electron chi connectivity index (χ1n) is 8.13. The van der Waals surface area contributed by atoms with Crippen LogP contribution in [-0.4, -0.2) is 33.2 Å². The Morgan fingerprint density at radius 3 is 2.74 bits per heavy atom. The lowest BCUT2D eigenvalue weighted by Crippen LogP contribution is -2.16. The molecule has 0 fully saturated rings. The van der Waals surface area contributed by atoms with Crippen LogP contribution in [0.2, 0.25) is 0 Å². The van der Waals surface area contributed by atoms with Gasteiger partial charge in [0.1, 0.15) is 4.90 Å². The van der Waals surface area contributed by atoms with Crippen LogP contribution in [0.1, 0.15) is 5.56 Å². The van der Waals surface area contributed by atoms with Crippen LogP contribution < -0.4 is 4.72 Å². The summed E-state index contributed by atoms with van der Waals surface area (Å²) in [4.78, 5) is 12.7. The lowest BCUT2D eigenvalue weighted by molar-refractivity contribution is 0.601. The van der Waals surface area contributed by atoms with E-state index in [-0.39, 0.29) is 10.8 Å². The predicted octanol–water partition coefficient (Wildman–Crippen LogP) is 2.53. The topological polar surface area (TPSA) is 103 Å². The van der Waals surface area contributed by atoms with Gasteiger partial charge in [0.25, 0.3) is 10.0 Å². The van der Waals surface area contributed by atoms with Gasteiger partial charge in [0.15, 0.2) is 0 Å². The number of fused-ring (bicyclic) bond motifs is 1. The number of sulfonamides is 1. The van der Waals surface area contributed by atoms with Crippen molar-refractivity contribution in [2.24, 2.45) is 7.05 Å². The summed E-state index contributed by atoms with van der Waals surface area (Å²) in [5.41, 5.74) is 2.70. The van der Waals surface area contributed by atoms with Gasteiger partial charge in [-0.2, -0.15) is 5.10 Å². The molecule has 0 spiro atoms. The van der Waals surface area contributed by atoms with E-state index < -0.39 is 10.0 Å². The van der Waals surface area contributed by atoms with Crippen molar-refractivity contribution in [3.63, 3.8) is 0 Å². The van der Waals surface area contributed by atoms with Gasteiger partial charge in [0.2, 0.25) is 5.95 Å². The van der Waals surface area contributed by atoms with Gasteiger partial charge in [-0.1, -0.05) is 12.1 Å². The Morgan fingerprint density at radius 1 is 1.11 bits per heavy atom. The van der Waals surface area contributed by atoms with Gasteiger partial charge in [0, 0.05) is 36.6 Å². The van der Waals surface area contributed by atoms with E-state index in [0.717, 1.165) is 16.5 Å². The third-order valence-corrected chi connectivity index (χ3v) is 5.34. The third-order valence-electron chi connectivity index (χ3n) is 3.98. The van der Waals surface area contributed by atoms with Crippen molar-refractivity contribution in [2.75, 3.05) is 4.72 Å². The molecule has 136 valence electrons. The monoisotopic (exact) mass is 380 g/mol. The normalized spacial score (nSPS) is 11.6. The molecule has 0 aliphatic heterocycles. The minimum atomic E-state index is -3.90. The Balaban J connectivity index is 1.72. The Kier molecular flexibility index (Phi) is 4.08. The number of para-hydroxylation sites is 1. The fraction of sp³-hybridized carbons (Fsp3) is 0.111. The maximum Gasteiger partial charge on any atom is 0.266 e. The first-order chi connectivity index (χ1) is 12.9. The number of anilines is 1. The minimum absolute atomic E-state index is 0.0135. The Morgan fingerprint density at radius 2 is 1.96 bits per heavy atom. The van der Waals surface area contributed by atoms with Crippen LogP contribution in [-0.2, 0) is 17.1 Å². The number of hydrogen-bond acceptors (Lipinski definition) is 6. The zero-order chi connectivity index (χ0) is 19.0. The quantitative estimate of drug-likeness (QED) is 0.584. The summed E-state index contributed by atoms with van der Waals surface area (Å²) in [5.74, 6) is -0.0135. The van der Waals surface area contributed by atoms with Crippen LogP contribution in [0.25, 0.3) is 22.2 Å². The summed E-state index contributed by atoms with van der Waals surface area (Å²) in [5, 5.41) is 4.85. The molecular weight excluding hydrogens is 364 g/mol. The summed E-state index contributed by atoms with van der Waals surface area (Å²) in [7, 11) is -2.11. The zero-order valence-corrected chi connectivity index (χ0v) is 15.5. The summed E-state index contributed by atoms with van der Waals surface area (Å²) in [6.07, 6.45) is 6.58. The number of aromatic nitrogens is 5. The molecule has 0 aliphatic rings. The van der Waals surface area contributed by atoms with Crippen molar-refractivity contribution < 1.29 is 8.42 Å². The van der Waals surface area contributed by atoms with Gasteiger partial charge in [-0.25, -0.2) is 23.1 Å². The van der Waals surface area contributed by atoms with E-state index in [1.165, 1.54) is 12.3 Å². The fourth-order valence-corrected chi connectivity index (χ4v) is 3.89. The van der Waals surface area contributed by atoms with Crippen LogP contribution in [0.5, 0.6) is 0 Å². The zero-order valence-electron chi connectivity index (χ0n) is 14.7. The number of pyridine rings is 1. The van der Waals surface area contributed by atoms with Crippen LogP contribution in [0.4, 0.5) is 5.95 Å². The molecule has 4 rings (SSSR count). The molecular formula is C18H16N6O2S. The molecule has 3 aromatic heterocycles. The summed E-state index contributed by atoms with van der Waals surface area (Å²) in [6, 6.07) is 8.61. The standard InChI is InChI=1S/C18H16N6O2S/c1-12-8-13-4-3-5-16(17(13)20-9-12)27(25,26)23-18-19-7-6-15(22-18)14-10-21-24(2)11-14/h3-11H,1-2H3,(H,19,22,23). The number of rotatable bonds is 4. The van der Waals surface area contributed by atoms with E-state index in [4.69, 9.17) is 0 Å². The highest BCUT2D eigenvalue weighted by molar-refractivity contribution is 7.93. The van der Waals surface area contributed by atoms with Gasteiger partial charge in [-0.3, -0.25) is 9.67 Å². The predicted molar refractivity (Wildman–Crippen MR) is 102 cm³/mol. The van der Waals surface area contributed by atoms with Crippen molar-refractivity contribution in [2.45, 2.75) is 11.8 Å². The molecule has 0 unspecified atom stereocenters. The Hall–Kier alpha value is -3.33. The van der Waals surface area contributed by atoms with E-state index in [2.05, 4.69) is 24.8 Å². The molecule has 1 aromatic carbocycles. The first kappa shape index (κ1) is 17.1. The van der Waals surface area contributed by atoms with Crippen LogP contribution >= 0.6 is 0 Å². The molecule has 0 amide bonds. The molecule has 4 aromatic rings. The lowest BCUT2D eigenvalue weighted by Gasteiger charge is -2.09. The van der Waals surface area contributed by atoms with E-state index in [9.17, 15) is 8.42 Å². The molecule has 0 saturated heterocycles. The van der Waals surface area contributed by atoms with Crippen LogP contribution in [0.15, 0.2) is 60.0 Å². The lowest BCUT2D eigenvalue weighted by atomic mass is 10.2. The van der Waals surface area contributed by atoms with Crippen molar-refractivity contribution in [1.29, 1.82) is 0 Å². The highest BCUT2D eigenvalue weighted by Gasteiger charge is 2.20. The van der Waals surface area contributed by atoms with Crippen molar-refractivity contribution in [3.05, 3.63) is 60.7 Å². The Bertz CT molecular complexity index is 1250. The maximum atomic E-state index is 12.9. The second-order valence-electron chi connectivity index (χ2n) is 6.11. The van der Waals surface area contributed by atoms with Gasteiger partial charge >= 0.3 is 0 Å². The van der Waals surface area contributed by atoms with E-state index in [1.54, 1.807) is 42.5 Å². The molecule has 9 heteroatoms. The smallest absolute Gasteiger partial charge is 0.266 e. The second-order valence-corrected chi connectivity index (χ2v) is 7.77. The molecule has 3 heterocycles. The van der Waals surface area contributed by atoms with E-state index in [1.807, 2.05) is 19.1 Å². The summed E-state index contributed by atoms with van der Waals surface area (Å²) >= 11 is 0. The van der Waals surface area contributed by atoms with Gasteiger partial charge in [0.05, 0.1) is 17.4 Å². The third kappa shape index (κ3) is 3.36. The SMILES string of the molecule is Cc1cnc2c(S(=O)(=O)Nc3nccc(-c4cnn(C)c4)n3)cccc2c1. The number of hydrogen-bond donors (Lipinski definition) is 1. The highest BCUT2D eigenvalue weighted by atomic mass is 32.2. The van der Waals surface area contributed by atoms with Gasteiger partial charge in [-0.15, -0.1) is 0 Å². The van der Waals surface area contributed by atoms with E-state index in [0.29, 0.717) is 11.2 Å². The average molecular weight is 380 g/mol. The van der Waals surface area contributed by atoms with Crippen molar-refractivity contribution >= 4 is 26.9 Å². The van der Waals surface area contributed by atoms with Crippen molar-refractivity contribution in [1.82, 2.24) is 24.7 Å². The molecule has 0 atom stereocenters. The number of aryl methyl sites for hydroxylation is 2. The molecule has 8 nitrogen and oxygen atoms in total. The largest absolute Gasteiger partial charge is 0.275 e. The van der Waals surface area contributed by atoms with Gasteiger partial charge in [-0.05, 0) is 30.7 Å². The first-order valence-corrected chi connectivity index (χ1v) is 9.61. The number of nitrogens with one attached hydrogen (secondary N) is 1. The molecule has 0 radical (unpaired) electrons. The van der Waals surface area contributed by atoms with Crippen LogP contribution in [0.3, 0.4) is 0 Å². The highest BCUT2D eigenvalue weighted by Crippen LogP contribution is 2.24. The molecule has 0 bridgehead atoms. The summed E-state index contributed by atoms with van der Waals surface area (Å²) in [6.45, 7) is 1.91. The second kappa shape index (κ2) is 6.44. The number of benzene rings is 1. The molecule has 27 heavy (non-hydrogen) atoms. The van der Waals surface area contributed by atoms with Crippen molar-refractivity contribution in [3.8, 4) is 11.3 Å². The minimum Gasteiger partial charge on any atom is -0.275 e. The van der Waals surface area contributed by atoms with E-state index >= 15 is 0 Å². The van der Waals surface area contributed by atoms with Crippen LogP contribution in [0, 0.1) is 6.92 Å². The molecule has 0 aliphatic carbocycles. The maximum absolute atomic E-state index is 12.9. The van der Waals surface area contributed by atoms with Gasteiger partial charge < -0.3 is 0 Å². The Labute approximate surface area is 156 Å². The average Bonchev–Trinajstić information content (AvgIpc) is 3.07. The molecule has 0 saturated carbocycles.